The molecule has 1 aromatic rings. The van der Waals surface area contributed by atoms with Crippen molar-refractivity contribution in [3.05, 3.63) is 27.1 Å². The van der Waals surface area contributed by atoms with Crippen LogP contribution in [-0.4, -0.2) is 53.4 Å². The summed E-state index contributed by atoms with van der Waals surface area (Å²) in [6, 6.07) is 2.42. The van der Waals surface area contributed by atoms with Gasteiger partial charge in [0.2, 0.25) is 0 Å². The van der Waals surface area contributed by atoms with Crippen molar-refractivity contribution in [3.63, 3.8) is 0 Å². The summed E-state index contributed by atoms with van der Waals surface area (Å²) < 4.78 is 23.3. The van der Waals surface area contributed by atoms with Gasteiger partial charge in [-0.25, -0.2) is 8.42 Å². The number of rotatable bonds is 5. The van der Waals surface area contributed by atoms with Gasteiger partial charge in [0, 0.05) is 30.1 Å². The van der Waals surface area contributed by atoms with E-state index in [2.05, 4.69) is 0 Å². The van der Waals surface area contributed by atoms with Crippen LogP contribution in [0.3, 0.4) is 0 Å². The maximum atomic E-state index is 11.6. The predicted molar refractivity (Wildman–Crippen MR) is 76.1 cm³/mol. The van der Waals surface area contributed by atoms with Gasteiger partial charge in [-0.05, 0) is 6.07 Å². The predicted octanol–water partition coefficient (Wildman–Crippen LogP) is 0.730. The molecule has 0 aliphatic carbocycles. The average molecular weight is 334 g/mol. The van der Waals surface area contributed by atoms with Gasteiger partial charge in [0.1, 0.15) is 0 Å². The maximum Gasteiger partial charge on any atom is 0.324 e. The number of aliphatic carboxylic acids is 1. The molecule has 1 fully saturated rings. The van der Waals surface area contributed by atoms with E-state index in [-0.39, 0.29) is 29.5 Å². The van der Waals surface area contributed by atoms with Crippen LogP contribution in [0.5, 0.6) is 0 Å². The summed E-state index contributed by atoms with van der Waals surface area (Å²) in [6.45, 7) is 0.567. The molecule has 1 N–H and O–H groups in total. The van der Waals surface area contributed by atoms with Crippen molar-refractivity contribution in [2.45, 2.75) is 19.0 Å². The molecule has 0 saturated carbocycles. The molecule has 1 unspecified atom stereocenters. The third-order valence-corrected chi connectivity index (χ3v) is 5.97. The Bertz CT molecular complexity index is 653. The second-order valence-corrected chi connectivity index (χ2v) is 8.21. The molecule has 0 aromatic carbocycles. The lowest BCUT2D eigenvalue weighted by Gasteiger charge is -2.34. The summed E-state index contributed by atoms with van der Waals surface area (Å²) in [5.74, 6) is -1.26. The highest BCUT2D eigenvalue weighted by Crippen LogP contribution is 2.27. The van der Waals surface area contributed by atoms with E-state index in [0.717, 1.165) is 16.2 Å². The zero-order chi connectivity index (χ0) is 15.6. The van der Waals surface area contributed by atoms with Crippen LogP contribution in [0.25, 0.3) is 0 Å². The van der Waals surface area contributed by atoms with Crippen LogP contribution in [0, 0.1) is 10.1 Å². The van der Waals surface area contributed by atoms with E-state index in [1.165, 1.54) is 6.07 Å². The van der Waals surface area contributed by atoms with Gasteiger partial charge in [0.15, 0.2) is 9.84 Å². The van der Waals surface area contributed by atoms with Gasteiger partial charge in [-0.3, -0.25) is 19.8 Å². The summed E-state index contributed by atoms with van der Waals surface area (Å²) in [5, 5.41) is 19.6. The number of carbonyl (C=O) groups is 1. The number of carboxylic acids is 1. The van der Waals surface area contributed by atoms with Gasteiger partial charge < -0.3 is 5.11 Å². The summed E-state index contributed by atoms with van der Waals surface area (Å²) in [7, 11) is -3.22. The number of carboxylic acid groups (broad SMARTS) is 1. The van der Waals surface area contributed by atoms with Crippen molar-refractivity contribution in [3.8, 4) is 0 Å². The van der Waals surface area contributed by atoms with E-state index in [1.807, 2.05) is 0 Å². The molecule has 2 heterocycles. The molecule has 21 heavy (non-hydrogen) atoms. The maximum absolute atomic E-state index is 11.6. The molecule has 1 aliphatic heterocycles. The van der Waals surface area contributed by atoms with Crippen LogP contribution >= 0.6 is 11.3 Å². The van der Waals surface area contributed by atoms with Crippen molar-refractivity contribution in [1.29, 1.82) is 0 Å². The van der Waals surface area contributed by atoms with E-state index in [0.29, 0.717) is 6.54 Å². The molecule has 1 aliphatic rings. The lowest BCUT2D eigenvalue weighted by Crippen LogP contribution is -2.48. The number of hydrogen-bond acceptors (Lipinski definition) is 7. The molecule has 1 aromatic heterocycles. The van der Waals surface area contributed by atoms with Crippen LogP contribution in [0.2, 0.25) is 0 Å². The molecular formula is C11H14N2O6S2. The molecule has 0 bridgehead atoms. The van der Waals surface area contributed by atoms with Crippen LogP contribution < -0.4 is 0 Å². The first-order valence-corrected chi connectivity index (χ1v) is 8.80. The Labute approximate surface area is 125 Å². The number of nitro groups is 1. The first-order valence-electron chi connectivity index (χ1n) is 6.16. The average Bonchev–Trinajstić information content (AvgIpc) is 2.80. The molecule has 116 valence electrons. The first kappa shape index (κ1) is 15.9. The van der Waals surface area contributed by atoms with Gasteiger partial charge in [0.05, 0.1) is 22.8 Å². The van der Waals surface area contributed by atoms with Crippen LogP contribution in [0.4, 0.5) is 5.00 Å². The standard InChI is InChI=1S/C11H14N2O6S2/c14-11(15)5-8-7-21(18,19)4-3-12(8)6-9-1-2-10(20-9)13(16)17/h1-2,8H,3-7H2,(H,14,15). The second-order valence-electron chi connectivity index (χ2n) is 4.83. The Morgan fingerprint density at radius 3 is 2.81 bits per heavy atom. The van der Waals surface area contributed by atoms with Gasteiger partial charge in [-0.2, -0.15) is 0 Å². The highest BCUT2D eigenvalue weighted by atomic mass is 32.2. The normalized spacial score (nSPS) is 22.0. The Hall–Kier alpha value is -1.52. The lowest BCUT2D eigenvalue weighted by atomic mass is 10.2. The Kier molecular flexibility index (Phi) is 4.59. The topological polar surface area (TPSA) is 118 Å². The SMILES string of the molecule is O=C(O)CC1CS(=O)(=O)CCN1Cc1ccc([N+](=O)[O-])s1. The van der Waals surface area contributed by atoms with Gasteiger partial charge in [0.25, 0.3) is 0 Å². The number of thiophene rings is 1. The van der Waals surface area contributed by atoms with E-state index in [9.17, 15) is 23.3 Å². The highest BCUT2D eigenvalue weighted by Gasteiger charge is 2.32. The quantitative estimate of drug-likeness (QED) is 0.623. The number of nitrogens with zero attached hydrogens (tertiary/aromatic N) is 2. The van der Waals surface area contributed by atoms with Gasteiger partial charge in [-0.15, -0.1) is 0 Å². The Morgan fingerprint density at radius 2 is 2.24 bits per heavy atom. The van der Waals surface area contributed by atoms with Crippen molar-refractivity contribution in [1.82, 2.24) is 4.90 Å². The summed E-state index contributed by atoms with van der Waals surface area (Å²) in [5.41, 5.74) is 0. The Morgan fingerprint density at radius 1 is 1.52 bits per heavy atom. The lowest BCUT2D eigenvalue weighted by molar-refractivity contribution is -0.380. The van der Waals surface area contributed by atoms with E-state index >= 15 is 0 Å². The molecule has 10 heteroatoms. The summed E-state index contributed by atoms with van der Waals surface area (Å²) >= 11 is 1.02. The zero-order valence-electron chi connectivity index (χ0n) is 11.0. The van der Waals surface area contributed by atoms with Gasteiger partial charge >= 0.3 is 11.0 Å². The van der Waals surface area contributed by atoms with Crippen molar-refractivity contribution >= 4 is 32.1 Å². The van der Waals surface area contributed by atoms with E-state index in [4.69, 9.17) is 5.11 Å². The number of hydrogen-bond donors (Lipinski definition) is 1. The molecular weight excluding hydrogens is 320 g/mol. The monoisotopic (exact) mass is 334 g/mol. The fraction of sp³-hybridized carbons (Fsp3) is 0.545. The van der Waals surface area contributed by atoms with E-state index in [1.54, 1.807) is 11.0 Å². The highest BCUT2D eigenvalue weighted by molar-refractivity contribution is 7.91. The van der Waals surface area contributed by atoms with Crippen molar-refractivity contribution < 1.29 is 23.2 Å². The molecule has 1 atom stereocenters. The minimum absolute atomic E-state index is 0.0173. The van der Waals surface area contributed by atoms with Crippen LogP contribution in [-0.2, 0) is 21.2 Å². The Balaban J connectivity index is 2.11. The molecule has 1 saturated heterocycles. The van der Waals surface area contributed by atoms with Crippen LogP contribution in [0.15, 0.2) is 12.1 Å². The largest absolute Gasteiger partial charge is 0.481 e. The third kappa shape index (κ3) is 4.22. The molecule has 2 rings (SSSR count). The summed E-state index contributed by atoms with van der Waals surface area (Å²) in [4.78, 5) is 23.5. The summed E-state index contributed by atoms with van der Waals surface area (Å²) in [6.07, 6.45) is -0.257. The number of sulfone groups is 1. The van der Waals surface area contributed by atoms with E-state index < -0.39 is 26.8 Å². The minimum Gasteiger partial charge on any atom is -0.481 e. The second kappa shape index (κ2) is 6.08. The zero-order valence-corrected chi connectivity index (χ0v) is 12.6. The van der Waals surface area contributed by atoms with Crippen LogP contribution in [0.1, 0.15) is 11.3 Å². The first-order chi connectivity index (χ1) is 9.77. The molecule has 0 amide bonds. The van der Waals surface area contributed by atoms with Crippen molar-refractivity contribution in [2.75, 3.05) is 18.1 Å². The molecule has 0 spiro atoms. The smallest absolute Gasteiger partial charge is 0.324 e. The fourth-order valence-electron chi connectivity index (χ4n) is 2.27. The molecule has 8 nitrogen and oxygen atoms in total. The third-order valence-electron chi connectivity index (χ3n) is 3.25. The van der Waals surface area contributed by atoms with Crippen molar-refractivity contribution in [2.24, 2.45) is 0 Å². The van der Waals surface area contributed by atoms with Gasteiger partial charge in [-0.1, -0.05) is 11.3 Å². The minimum atomic E-state index is -3.22. The fourth-order valence-corrected chi connectivity index (χ4v) is 4.71. The molecule has 0 radical (unpaired) electrons.